The van der Waals surface area contributed by atoms with Crippen LogP contribution < -0.4 is 20.5 Å². The van der Waals surface area contributed by atoms with Crippen LogP contribution in [0.2, 0.25) is 0 Å². The second kappa shape index (κ2) is 20.8. The van der Waals surface area contributed by atoms with Crippen LogP contribution in [0.5, 0.6) is 5.75 Å². The van der Waals surface area contributed by atoms with E-state index in [9.17, 15) is 18.0 Å². The number of alkyl carbamates (subject to hydrolysis) is 1. The third-order valence-electron chi connectivity index (χ3n) is 13.0. The number of aromatic nitrogens is 1. The van der Waals surface area contributed by atoms with Crippen LogP contribution >= 0.6 is 0 Å². The minimum absolute atomic E-state index is 0.0960. The molecule has 4 N–H and O–H groups in total. The number of carbonyl (C=O) groups excluding carboxylic acids is 3. The van der Waals surface area contributed by atoms with Gasteiger partial charge in [0.2, 0.25) is 11.9 Å². The molecular weight excluding hydrogens is 919 g/mol. The molecule has 0 saturated carbocycles. The summed E-state index contributed by atoms with van der Waals surface area (Å²) in [4.78, 5) is 51.5. The van der Waals surface area contributed by atoms with E-state index in [1.54, 1.807) is 40.8 Å². The number of carbonyl (C=O) groups is 3. The molecule has 2 aliphatic rings. The first kappa shape index (κ1) is 52.4. The van der Waals surface area contributed by atoms with Crippen molar-refractivity contribution in [2.24, 2.45) is 10.7 Å². The third kappa shape index (κ3) is 12.6. The number of hydrogen-bond donors (Lipinski definition) is 3. The summed E-state index contributed by atoms with van der Waals surface area (Å²) < 4.78 is 50.1. The van der Waals surface area contributed by atoms with Gasteiger partial charge in [0.1, 0.15) is 22.6 Å². The van der Waals surface area contributed by atoms with Crippen LogP contribution in [-0.2, 0) is 50.2 Å². The average molecular weight is 990 g/mol. The highest BCUT2D eigenvalue weighted by molar-refractivity contribution is 7.90. The molecule has 0 radical (unpaired) electrons. The molecule has 2 aliphatic heterocycles. The number of benzene rings is 4. The molecule has 3 heterocycles. The Balaban J connectivity index is 1.23. The van der Waals surface area contributed by atoms with Crippen LogP contribution in [0.4, 0.5) is 9.59 Å². The molecular formula is C55H71N7O8S. The van der Waals surface area contributed by atoms with Crippen molar-refractivity contribution in [3.8, 4) is 5.75 Å². The summed E-state index contributed by atoms with van der Waals surface area (Å²) in [5, 5.41) is 4.05. The maximum atomic E-state index is 15.1. The lowest BCUT2D eigenvalue weighted by Gasteiger charge is -2.49. The maximum Gasteiger partial charge on any atom is 0.419 e. The van der Waals surface area contributed by atoms with Crippen LogP contribution in [0, 0.1) is 20.8 Å². The Morgan fingerprint density at radius 2 is 1.46 bits per heavy atom. The quantitative estimate of drug-likeness (QED) is 0.0551. The van der Waals surface area contributed by atoms with Crippen molar-refractivity contribution < 1.29 is 37.0 Å². The molecule has 380 valence electrons. The van der Waals surface area contributed by atoms with Crippen molar-refractivity contribution in [2.75, 3.05) is 13.1 Å². The monoisotopic (exact) mass is 990 g/mol. The van der Waals surface area contributed by atoms with E-state index in [2.05, 4.69) is 19.9 Å². The van der Waals surface area contributed by atoms with Gasteiger partial charge in [-0.15, -0.1) is 0 Å². The Hall–Kier alpha value is -6.39. The number of ether oxygens (including phenoxy) is 3. The van der Waals surface area contributed by atoms with E-state index in [0.717, 1.165) is 39.0 Å². The Labute approximate surface area is 419 Å². The number of nitrogens with zero attached hydrogens (tertiary/aromatic N) is 4. The highest BCUT2D eigenvalue weighted by Crippen LogP contribution is 2.44. The molecule has 4 aromatic carbocycles. The van der Waals surface area contributed by atoms with Crippen molar-refractivity contribution in [2.45, 2.75) is 155 Å². The maximum absolute atomic E-state index is 15.1. The molecule has 2 amide bonds. The van der Waals surface area contributed by atoms with Crippen molar-refractivity contribution in [3.63, 3.8) is 0 Å². The minimum atomic E-state index is -4.14. The lowest BCUT2D eigenvalue weighted by Crippen LogP contribution is -2.67. The van der Waals surface area contributed by atoms with Gasteiger partial charge < -0.3 is 30.2 Å². The first-order valence-corrected chi connectivity index (χ1v) is 25.9. The summed E-state index contributed by atoms with van der Waals surface area (Å²) in [7, 11) is -4.14. The van der Waals surface area contributed by atoms with E-state index < -0.39 is 57.1 Å². The van der Waals surface area contributed by atoms with E-state index in [-0.39, 0.29) is 36.3 Å². The predicted octanol–water partition coefficient (Wildman–Crippen LogP) is 8.85. The van der Waals surface area contributed by atoms with E-state index in [1.165, 1.54) is 4.57 Å². The Morgan fingerprint density at radius 1 is 0.859 bits per heavy atom. The molecule has 0 bridgehead atoms. The summed E-state index contributed by atoms with van der Waals surface area (Å²) in [5.74, 6) is 0.373. The van der Waals surface area contributed by atoms with E-state index in [1.807, 2.05) is 131 Å². The highest BCUT2D eigenvalue weighted by atomic mass is 32.2. The van der Waals surface area contributed by atoms with Gasteiger partial charge >= 0.3 is 12.2 Å². The molecule has 16 heteroatoms. The minimum Gasteiger partial charge on any atom is -0.487 e. The van der Waals surface area contributed by atoms with E-state index in [4.69, 9.17) is 19.9 Å². The van der Waals surface area contributed by atoms with Gasteiger partial charge in [0, 0.05) is 55.8 Å². The largest absolute Gasteiger partial charge is 0.487 e. The summed E-state index contributed by atoms with van der Waals surface area (Å²) in [6, 6.07) is 25.4. The number of fused-ring (bicyclic) bond motifs is 2. The van der Waals surface area contributed by atoms with Gasteiger partial charge in [0.15, 0.2) is 0 Å². The second-order valence-electron chi connectivity index (χ2n) is 21.5. The molecule has 0 aliphatic carbocycles. The van der Waals surface area contributed by atoms with Gasteiger partial charge in [-0.3, -0.25) is 19.3 Å². The molecule has 1 aromatic heterocycles. The number of amides is 2. The summed E-state index contributed by atoms with van der Waals surface area (Å²) in [6.07, 6.45) is 2.15. The lowest BCUT2D eigenvalue weighted by atomic mass is 9.91. The van der Waals surface area contributed by atoms with E-state index in [0.29, 0.717) is 49.0 Å². The fraction of sp³-hybridized carbons (Fsp3) is 0.455. The topological polar surface area (TPSA) is 187 Å². The molecule has 71 heavy (non-hydrogen) atoms. The average Bonchev–Trinajstić information content (AvgIpc) is 3.82. The van der Waals surface area contributed by atoms with Gasteiger partial charge in [0.25, 0.3) is 10.0 Å². The third-order valence-corrected chi connectivity index (χ3v) is 14.6. The van der Waals surface area contributed by atoms with Crippen LogP contribution in [0.15, 0.2) is 101 Å². The Kier molecular flexibility index (Phi) is 15.3. The molecule has 7 rings (SSSR count). The fourth-order valence-electron chi connectivity index (χ4n) is 9.83. The smallest absolute Gasteiger partial charge is 0.419 e. The molecule has 3 atom stereocenters. The fourth-order valence-corrected chi connectivity index (χ4v) is 11.4. The number of rotatable bonds is 14. The lowest BCUT2D eigenvalue weighted by molar-refractivity contribution is -0.148. The zero-order chi connectivity index (χ0) is 51.6. The van der Waals surface area contributed by atoms with Crippen LogP contribution in [-0.4, -0.2) is 94.9 Å². The Bertz CT molecular complexity index is 2900. The number of nitrogens with one attached hydrogen (secondary N) is 2. The number of nitrogens with two attached hydrogens (primary N) is 1. The number of guanidine groups is 1. The second-order valence-corrected chi connectivity index (χ2v) is 23.1. The zero-order valence-electron chi connectivity index (χ0n) is 43.1. The van der Waals surface area contributed by atoms with E-state index >= 15 is 4.79 Å². The van der Waals surface area contributed by atoms with Gasteiger partial charge in [-0.05, 0) is 135 Å². The number of sulfonamides is 1. The number of para-hydroxylation sites is 1. The molecule has 1 fully saturated rings. The molecule has 1 saturated heterocycles. The van der Waals surface area contributed by atoms with Crippen molar-refractivity contribution in [3.05, 3.63) is 130 Å². The summed E-state index contributed by atoms with van der Waals surface area (Å²) in [6.45, 7) is 21.3. The van der Waals surface area contributed by atoms with Crippen molar-refractivity contribution in [1.82, 2.24) is 24.4 Å². The molecule has 0 spiro atoms. The van der Waals surface area contributed by atoms with Gasteiger partial charge in [0.05, 0.1) is 22.5 Å². The number of piperazine rings is 1. The number of aliphatic imine (C=N–C) groups is 1. The summed E-state index contributed by atoms with van der Waals surface area (Å²) in [5.41, 5.74) is 10.5. The summed E-state index contributed by atoms with van der Waals surface area (Å²) >= 11 is 0. The molecule has 15 nitrogen and oxygen atoms in total. The molecule has 0 unspecified atom stereocenters. The normalized spacial score (nSPS) is 17.9. The van der Waals surface area contributed by atoms with Crippen LogP contribution in [0.3, 0.4) is 0 Å². The highest BCUT2D eigenvalue weighted by Gasteiger charge is 2.45. The van der Waals surface area contributed by atoms with Gasteiger partial charge in [-0.2, -0.15) is 0 Å². The van der Waals surface area contributed by atoms with Crippen LogP contribution in [0.1, 0.15) is 107 Å². The predicted molar refractivity (Wildman–Crippen MR) is 277 cm³/mol. The Morgan fingerprint density at radius 3 is 2.10 bits per heavy atom. The van der Waals surface area contributed by atoms with Crippen LogP contribution in [0.25, 0.3) is 10.9 Å². The van der Waals surface area contributed by atoms with Gasteiger partial charge in [-0.1, -0.05) is 78.9 Å². The first-order chi connectivity index (χ1) is 33.3. The SMILES string of the molecule is Cc1c(C)c(S(=O)(=O)NC(N)=NCCC[C@H]2C(=O)N(Cc3ccccc3)C[C@H]([C@H](Cc3cn(C(=O)OC(C)(C)C)c4ccccc34)NC(=O)OC(C)(C)C)N2Cc2ccccc2)c(C)c2c1OC(C)(C)C2. The molecule has 5 aromatic rings. The van der Waals surface area contributed by atoms with Crippen molar-refractivity contribution in [1.29, 1.82) is 0 Å². The number of hydrogen-bond acceptors (Lipinski definition) is 10. The standard InChI is InChI=1S/C55H71N7O8S/c1-35-36(2)48(37(3)42-30-55(10,11)68-47(35)42)71(66,67)59-50(56)57-28-20-27-45-49(63)60(31-38-21-14-12-15-22-38)34-46(61(45)32-39-23-16-13-17-24-39)43(58-51(64)69-53(4,5)6)29-40-33-62(52(65)70-54(7,8)9)44-26-19-18-25-41(40)44/h12-19,21-26,33,43,45-46H,20,27-32,34H2,1-11H3,(H,58,64)(H3,56,57,59)/t43-,45-,46+/m0/s1. The first-order valence-electron chi connectivity index (χ1n) is 24.4. The van der Waals surface area contributed by atoms with Crippen molar-refractivity contribution >= 4 is 45.0 Å². The zero-order valence-corrected chi connectivity index (χ0v) is 43.9. The van der Waals surface area contributed by atoms with Gasteiger partial charge in [-0.25, -0.2) is 22.7 Å².